The van der Waals surface area contributed by atoms with E-state index in [0.29, 0.717) is 31.1 Å². The van der Waals surface area contributed by atoms with Gasteiger partial charge in [-0.1, -0.05) is 30.7 Å². The van der Waals surface area contributed by atoms with Gasteiger partial charge in [0.05, 0.1) is 16.8 Å². The summed E-state index contributed by atoms with van der Waals surface area (Å²) in [4.78, 5) is 2.62. The van der Waals surface area contributed by atoms with Crippen LogP contribution in [0.1, 0.15) is 24.6 Å². The van der Waals surface area contributed by atoms with E-state index in [1.165, 1.54) is 5.56 Å². The summed E-state index contributed by atoms with van der Waals surface area (Å²) >= 11 is 0. The zero-order valence-electron chi connectivity index (χ0n) is 14.8. The molecule has 8 heteroatoms. The van der Waals surface area contributed by atoms with Crippen LogP contribution in [-0.2, 0) is 30.0 Å². The zero-order valence-corrected chi connectivity index (χ0v) is 15.6. The van der Waals surface area contributed by atoms with E-state index < -0.39 is 10.0 Å². The highest BCUT2D eigenvalue weighted by molar-refractivity contribution is 7.89. The van der Waals surface area contributed by atoms with E-state index in [4.69, 9.17) is 0 Å². The molecule has 3 rings (SSSR count). The first-order chi connectivity index (χ1) is 12.0. The van der Waals surface area contributed by atoms with Gasteiger partial charge in [-0.05, 0) is 24.1 Å². The zero-order chi connectivity index (χ0) is 17.9. The third-order valence-electron chi connectivity index (χ3n) is 4.62. The Morgan fingerprint density at radius 3 is 2.32 bits per heavy atom. The molecule has 1 aliphatic heterocycles. The first-order valence-electron chi connectivity index (χ1n) is 8.65. The maximum atomic E-state index is 12.8. The fourth-order valence-electron chi connectivity index (χ4n) is 3.08. The summed E-state index contributed by atoms with van der Waals surface area (Å²) in [5, 5.41) is 7.81. The smallest absolute Gasteiger partial charge is 0.243 e. The number of aryl methyl sites for hydroxylation is 2. The third-order valence-corrected chi connectivity index (χ3v) is 6.54. The molecule has 1 saturated heterocycles. The monoisotopic (exact) mass is 363 g/mol. The second kappa shape index (κ2) is 7.63. The number of rotatable bonds is 6. The molecular formula is C17H25N5O2S. The molecule has 1 aromatic carbocycles. The molecule has 2 heterocycles. The normalized spacial score (nSPS) is 17.0. The average Bonchev–Trinajstić information content (AvgIpc) is 3.01. The van der Waals surface area contributed by atoms with Crippen molar-refractivity contribution in [3.8, 4) is 0 Å². The summed E-state index contributed by atoms with van der Waals surface area (Å²) in [7, 11) is -1.54. The molecule has 0 aliphatic carbocycles. The standard InChI is InChI=1S/C17H25N5O2S/c1-3-4-15-5-7-17(8-6-15)25(23,24)22-11-9-21(10-12-22)14-16-13-18-19-20(16)2/h5-8,13H,3-4,9-12,14H2,1-2H3. The topological polar surface area (TPSA) is 71.3 Å². The van der Waals surface area contributed by atoms with Crippen LogP contribution >= 0.6 is 0 Å². The Balaban J connectivity index is 1.62. The van der Waals surface area contributed by atoms with Gasteiger partial charge in [0.2, 0.25) is 10.0 Å². The summed E-state index contributed by atoms with van der Waals surface area (Å²) in [6.45, 7) is 5.28. The highest BCUT2D eigenvalue weighted by Gasteiger charge is 2.28. The van der Waals surface area contributed by atoms with Crippen molar-refractivity contribution in [1.82, 2.24) is 24.2 Å². The van der Waals surface area contributed by atoms with Crippen LogP contribution in [0.15, 0.2) is 35.4 Å². The number of piperazine rings is 1. The maximum absolute atomic E-state index is 12.8. The van der Waals surface area contributed by atoms with Crippen molar-refractivity contribution >= 4 is 10.0 Å². The fraction of sp³-hybridized carbons (Fsp3) is 0.529. The SMILES string of the molecule is CCCc1ccc(S(=O)(=O)N2CCN(Cc3cnnn3C)CC2)cc1. The summed E-state index contributed by atoms with van der Waals surface area (Å²) in [6.07, 6.45) is 3.78. The Morgan fingerprint density at radius 1 is 1.08 bits per heavy atom. The maximum Gasteiger partial charge on any atom is 0.243 e. The molecule has 1 fully saturated rings. The molecule has 136 valence electrons. The van der Waals surface area contributed by atoms with Crippen LogP contribution in [0.5, 0.6) is 0 Å². The van der Waals surface area contributed by atoms with E-state index in [1.54, 1.807) is 27.3 Å². The predicted molar refractivity (Wildman–Crippen MR) is 95.5 cm³/mol. The van der Waals surface area contributed by atoms with Gasteiger partial charge in [-0.15, -0.1) is 5.10 Å². The number of aromatic nitrogens is 3. The van der Waals surface area contributed by atoms with Crippen LogP contribution in [0.4, 0.5) is 0 Å². The molecule has 0 bridgehead atoms. The van der Waals surface area contributed by atoms with Crippen molar-refractivity contribution < 1.29 is 8.42 Å². The van der Waals surface area contributed by atoms with E-state index in [-0.39, 0.29) is 0 Å². The number of hydrogen-bond donors (Lipinski definition) is 0. The van der Waals surface area contributed by atoms with Crippen LogP contribution in [0.3, 0.4) is 0 Å². The molecule has 1 aromatic heterocycles. The van der Waals surface area contributed by atoms with E-state index >= 15 is 0 Å². The van der Waals surface area contributed by atoms with Gasteiger partial charge in [0.15, 0.2) is 0 Å². The Morgan fingerprint density at radius 2 is 1.76 bits per heavy atom. The minimum atomic E-state index is -3.41. The lowest BCUT2D eigenvalue weighted by Crippen LogP contribution is -2.48. The van der Waals surface area contributed by atoms with Gasteiger partial charge >= 0.3 is 0 Å². The fourth-order valence-corrected chi connectivity index (χ4v) is 4.50. The number of benzene rings is 1. The van der Waals surface area contributed by atoms with E-state index in [1.807, 2.05) is 19.2 Å². The van der Waals surface area contributed by atoms with Gasteiger partial charge in [0.25, 0.3) is 0 Å². The Labute approximate surface area is 149 Å². The van der Waals surface area contributed by atoms with Crippen molar-refractivity contribution in [3.63, 3.8) is 0 Å². The molecular weight excluding hydrogens is 338 g/mol. The van der Waals surface area contributed by atoms with Gasteiger partial charge < -0.3 is 0 Å². The van der Waals surface area contributed by atoms with E-state index in [2.05, 4.69) is 22.1 Å². The number of sulfonamides is 1. The first-order valence-corrected chi connectivity index (χ1v) is 10.1. The average molecular weight is 363 g/mol. The van der Waals surface area contributed by atoms with Crippen LogP contribution in [0, 0.1) is 0 Å². The molecule has 7 nitrogen and oxygen atoms in total. The minimum absolute atomic E-state index is 0.386. The Hall–Kier alpha value is -1.77. The lowest BCUT2D eigenvalue weighted by Gasteiger charge is -2.33. The lowest BCUT2D eigenvalue weighted by molar-refractivity contribution is 0.178. The van der Waals surface area contributed by atoms with Gasteiger partial charge in [0, 0.05) is 39.8 Å². The quantitative estimate of drug-likeness (QED) is 0.773. The van der Waals surface area contributed by atoms with Crippen LogP contribution in [-0.4, -0.2) is 58.8 Å². The van der Waals surface area contributed by atoms with Gasteiger partial charge in [-0.25, -0.2) is 8.42 Å². The molecule has 0 amide bonds. The van der Waals surface area contributed by atoms with Crippen molar-refractivity contribution in [1.29, 1.82) is 0 Å². The van der Waals surface area contributed by atoms with Crippen molar-refractivity contribution in [2.45, 2.75) is 31.2 Å². The van der Waals surface area contributed by atoms with E-state index in [0.717, 1.165) is 25.1 Å². The van der Waals surface area contributed by atoms with Gasteiger partial charge in [-0.2, -0.15) is 4.31 Å². The second-order valence-electron chi connectivity index (χ2n) is 6.42. The van der Waals surface area contributed by atoms with Gasteiger partial charge in [-0.3, -0.25) is 9.58 Å². The lowest BCUT2D eigenvalue weighted by atomic mass is 10.1. The van der Waals surface area contributed by atoms with Gasteiger partial charge in [0.1, 0.15) is 0 Å². The van der Waals surface area contributed by atoms with Crippen molar-refractivity contribution in [2.24, 2.45) is 7.05 Å². The third kappa shape index (κ3) is 4.08. The molecule has 0 spiro atoms. The highest BCUT2D eigenvalue weighted by atomic mass is 32.2. The summed E-state index contributed by atoms with van der Waals surface area (Å²) in [6, 6.07) is 7.30. The van der Waals surface area contributed by atoms with Crippen LogP contribution < -0.4 is 0 Å². The minimum Gasteiger partial charge on any atom is -0.295 e. The Bertz CT molecular complexity index is 793. The second-order valence-corrected chi connectivity index (χ2v) is 8.36. The molecule has 2 aromatic rings. The largest absolute Gasteiger partial charge is 0.295 e. The van der Waals surface area contributed by atoms with Crippen molar-refractivity contribution in [3.05, 3.63) is 41.7 Å². The predicted octanol–water partition coefficient (Wildman–Crippen LogP) is 1.27. The summed E-state index contributed by atoms with van der Waals surface area (Å²) in [5.74, 6) is 0. The number of nitrogens with zero attached hydrogens (tertiary/aromatic N) is 5. The molecule has 1 aliphatic rings. The highest BCUT2D eigenvalue weighted by Crippen LogP contribution is 2.19. The Kier molecular flexibility index (Phi) is 5.51. The summed E-state index contributed by atoms with van der Waals surface area (Å²) in [5.41, 5.74) is 2.21. The van der Waals surface area contributed by atoms with Crippen LogP contribution in [0.2, 0.25) is 0 Å². The molecule has 0 saturated carbocycles. The van der Waals surface area contributed by atoms with Crippen LogP contribution in [0.25, 0.3) is 0 Å². The number of hydrogen-bond acceptors (Lipinski definition) is 5. The summed E-state index contributed by atoms with van der Waals surface area (Å²) < 4.78 is 29.0. The first kappa shape index (κ1) is 18.0. The molecule has 0 radical (unpaired) electrons. The molecule has 0 unspecified atom stereocenters. The van der Waals surface area contributed by atoms with E-state index in [9.17, 15) is 8.42 Å². The molecule has 25 heavy (non-hydrogen) atoms. The van der Waals surface area contributed by atoms with Crippen molar-refractivity contribution in [2.75, 3.05) is 26.2 Å². The molecule has 0 N–H and O–H groups in total. The molecule has 0 atom stereocenters.